The van der Waals surface area contributed by atoms with Gasteiger partial charge in [0.2, 0.25) is 0 Å². The van der Waals surface area contributed by atoms with E-state index in [-0.39, 0.29) is 17.4 Å². The smallest absolute Gasteiger partial charge is 0.407 e. The number of hydrogen-bond donors (Lipinski definition) is 2. The van der Waals surface area contributed by atoms with Crippen LogP contribution in [0.25, 0.3) is 0 Å². The molecule has 2 N–H and O–H groups in total. The second-order valence-electron chi connectivity index (χ2n) is 9.66. The molecule has 0 aliphatic carbocycles. The minimum Gasteiger partial charge on any atom is -0.444 e. The normalized spacial score (nSPS) is 13.8. The predicted molar refractivity (Wildman–Crippen MR) is 140 cm³/mol. The van der Waals surface area contributed by atoms with Gasteiger partial charge in [-0.05, 0) is 85.6 Å². The van der Waals surface area contributed by atoms with Crippen LogP contribution in [0.3, 0.4) is 0 Å². The van der Waals surface area contributed by atoms with Crippen LogP contribution >= 0.6 is 11.8 Å². The van der Waals surface area contributed by atoms with E-state index in [9.17, 15) is 14.4 Å². The molecule has 0 aromatic carbocycles. The van der Waals surface area contributed by atoms with Gasteiger partial charge in [0.1, 0.15) is 11.2 Å². The molecule has 1 atom stereocenters. The van der Waals surface area contributed by atoms with Crippen molar-refractivity contribution in [2.75, 3.05) is 19.4 Å². The molecule has 9 heteroatoms. The maximum absolute atomic E-state index is 13.0. The number of Topliss-reactive ketones (excluding diaryl/α,β-unsaturated/α-hetero) is 1. The van der Waals surface area contributed by atoms with Crippen LogP contribution in [0.2, 0.25) is 0 Å². The van der Waals surface area contributed by atoms with Gasteiger partial charge in [-0.2, -0.15) is 0 Å². The molecular weight excluding hydrogens is 454 g/mol. The van der Waals surface area contributed by atoms with E-state index < -0.39 is 23.3 Å². The molecular formula is C25H43N3O5S. The Labute approximate surface area is 209 Å². The third-order valence-electron chi connectivity index (χ3n) is 4.56. The van der Waals surface area contributed by atoms with Crippen molar-refractivity contribution >= 4 is 35.3 Å². The number of alkyl carbamates (subject to hydrolysis) is 1. The maximum atomic E-state index is 13.0. The summed E-state index contributed by atoms with van der Waals surface area (Å²) in [7, 11) is 1.46. The number of rotatable bonds is 14. The van der Waals surface area contributed by atoms with E-state index in [1.54, 1.807) is 34.6 Å². The van der Waals surface area contributed by atoms with E-state index >= 15 is 0 Å². The molecule has 0 aliphatic rings. The first-order chi connectivity index (χ1) is 15.6. The number of carbonyl (C=O) groups is 3. The number of ether oxygens (including phenoxy) is 2. The highest BCUT2D eigenvalue weighted by atomic mass is 32.2. The van der Waals surface area contributed by atoms with Gasteiger partial charge < -0.3 is 20.1 Å². The van der Waals surface area contributed by atoms with Crippen LogP contribution in [0.1, 0.15) is 74.7 Å². The van der Waals surface area contributed by atoms with Crippen molar-refractivity contribution in [1.29, 1.82) is 0 Å². The first kappa shape index (κ1) is 31.9. The minimum absolute atomic E-state index is 0.0763. The van der Waals surface area contributed by atoms with Crippen LogP contribution in [0.15, 0.2) is 28.2 Å². The summed E-state index contributed by atoms with van der Waals surface area (Å²) in [6.45, 7) is 18.5. The number of unbranched alkanes of at least 4 members (excludes halogenated alkanes) is 1. The van der Waals surface area contributed by atoms with Crippen LogP contribution in [0, 0.1) is 0 Å². The van der Waals surface area contributed by atoms with Crippen molar-refractivity contribution in [3.63, 3.8) is 0 Å². The Kier molecular flexibility index (Phi) is 14.0. The average molecular weight is 498 g/mol. The van der Waals surface area contributed by atoms with E-state index in [0.29, 0.717) is 31.5 Å². The number of nitrogens with zero attached hydrogens (tertiary/aromatic N) is 1. The van der Waals surface area contributed by atoms with Crippen LogP contribution in [0.4, 0.5) is 4.79 Å². The topological polar surface area (TPSA) is 106 Å². The van der Waals surface area contributed by atoms with Gasteiger partial charge in [-0.25, -0.2) is 4.79 Å². The Balaban J connectivity index is 4.98. The number of aliphatic imine (C=N–C) groups is 1. The van der Waals surface area contributed by atoms with E-state index in [0.717, 1.165) is 10.6 Å². The largest absolute Gasteiger partial charge is 0.444 e. The van der Waals surface area contributed by atoms with Gasteiger partial charge in [-0.15, -0.1) is 11.8 Å². The molecule has 0 bridgehead atoms. The highest BCUT2D eigenvalue weighted by Gasteiger charge is 2.31. The van der Waals surface area contributed by atoms with Gasteiger partial charge in [0.25, 0.3) is 5.91 Å². The molecule has 0 saturated heterocycles. The average Bonchev–Trinajstić information content (AvgIpc) is 2.68. The maximum Gasteiger partial charge on any atom is 0.407 e. The number of thioether (sulfide) groups is 1. The number of nitrogens with one attached hydrogen (secondary N) is 2. The lowest BCUT2D eigenvalue weighted by Crippen LogP contribution is -2.50. The number of ketones is 1. The minimum atomic E-state index is -1.05. The third-order valence-corrected chi connectivity index (χ3v) is 5.56. The summed E-state index contributed by atoms with van der Waals surface area (Å²) >= 11 is 1.41. The zero-order valence-electron chi connectivity index (χ0n) is 22.3. The van der Waals surface area contributed by atoms with Crippen molar-refractivity contribution in [3.8, 4) is 0 Å². The summed E-state index contributed by atoms with van der Waals surface area (Å²) in [5, 5.41) is 5.54. The molecule has 2 amide bonds. The lowest BCUT2D eigenvalue weighted by atomic mass is 10.0. The van der Waals surface area contributed by atoms with Crippen LogP contribution in [0.5, 0.6) is 0 Å². The molecule has 0 saturated carbocycles. The molecule has 0 rings (SSSR count). The first-order valence-electron chi connectivity index (χ1n) is 11.4. The van der Waals surface area contributed by atoms with Crippen LogP contribution in [-0.2, 0) is 19.1 Å². The molecule has 0 aromatic heterocycles. The molecule has 194 valence electrons. The Morgan fingerprint density at radius 2 is 1.71 bits per heavy atom. The van der Waals surface area contributed by atoms with Gasteiger partial charge >= 0.3 is 6.09 Å². The van der Waals surface area contributed by atoms with Crippen molar-refractivity contribution in [3.05, 3.63) is 23.3 Å². The van der Waals surface area contributed by atoms with Gasteiger partial charge in [-0.1, -0.05) is 6.58 Å². The monoisotopic (exact) mass is 497 g/mol. The van der Waals surface area contributed by atoms with Gasteiger partial charge in [0.15, 0.2) is 5.78 Å². The van der Waals surface area contributed by atoms with Gasteiger partial charge in [-0.3, -0.25) is 14.6 Å². The van der Waals surface area contributed by atoms with Crippen molar-refractivity contribution < 1.29 is 23.9 Å². The Morgan fingerprint density at radius 3 is 2.24 bits per heavy atom. The van der Waals surface area contributed by atoms with Crippen molar-refractivity contribution in [2.24, 2.45) is 4.99 Å². The summed E-state index contributed by atoms with van der Waals surface area (Å²) in [4.78, 5) is 42.5. The number of methoxy groups -OCH3 is 1. The third kappa shape index (κ3) is 14.9. The molecule has 0 heterocycles. The van der Waals surface area contributed by atoms with E-state index in [1.807, 2.05) is 26.8 Å². The van der Waals surface area contributed by atoms with Crippen molar-refractivity contribution in [1.82, 2.24) is 10.6 Å². The van der Waals surface area contributed by atoms with Crippen LogP contribution < -0.4 is 10.6 Å². The fourth-order valence-corrected chi connectivity index (χ4v) is 3.50. The summed E-state index contributed by atoms with van der Waals surface area (Å²) in [5.41, 5.74) is -0.0730. The summed E-state index contributed by atoms with van der Waals surface area (Å²) in [6, 6.07) is -0.645. The van der Waals surface area contributed by atoms with E-state index in [2.05, 4.69) is 22.2 Å². The molecule has 0 fully saturated rings. The molecule has 0 aliphatic heterocycles. The highest BCUT2D eigenvalue weighted by Crippen LogP contribution is 2.18. The molecule has 34 heavy (non-hydrogen) atoms. The van der Waals surface area contributed by atoms with E-state index in [1.165, 1.54) is 18.9 Å². The number of amides is 2. The summed E-state index contributed by atoms with van der Waals surface area (Å²) < 4.78 is 10.5. The first-order valence-corrected chi connectivity index (χ1v) is 12.4. The Hall–Kier alpha value is -2.13. The van der Waals surface area contributed by atoms with E-state index in [4.69, 9.17) is 9.47 Å². The highest BCUT2D eigenvalue weighted by molar-refractivity contribution is 8.03. The molecule has 0 unspecified atom stereocenters. The Bertz CT molecular complexity index is 782. The molecule has 0 spiro atoms. The van der Waals surface area contributed by atoms with Gasteiger partial charge in [0.05, 0.1) is 11.8 Å². The number of allylic oxidation sites excluding steroid dienone is 3. The fourth-order valence-electron chi connectivity index (χ4n) is 2.67. The number of hydrogen-bond acceptors (Lipinski definition) is 7. The molecule has 0 aromatic rings. The summed E-state index contributed by atoms with van der Waals surface area (Å²) in [5.74, 6) is -0.202. The second kappa shape index (κ2) is 15.0. The SMILES string of the molecule is C=C(C)N=C(C)/C=C(\C)SCC(=O)[C@H](CCCCNC(=O)OC(C)(C)C)NC(=O)C(C)(C)OC. The second-order valence-corrected chi connectivity index (χ2v) is 10.9. The van der Waals surface area contributed by atoms with Crippen LogP contribution in [-0.4, -0.2) is 60.1 Å². The summed E-state index contributed by atoms with van der Waals surface area (Å²) in [6.07, 6.45) is 3.18. The lowest BCUT2D eigenvalue weighted by Gasteiger charge is -2.26. The lowest BCUT2D eigenvalue weighted by molar-refractivity contribution is -0.141. The van der Waals surface area contributed by atoms with Crippen molar-refractivity contribution in [2.45, 2.75) is 91.9 Å². The molecule has 8 nitrogen and oxygen atoms in total. The Morgan fingerprint density at radius 1 is 1.09 bits per heavy atom. The molecule has 0 radical (unpaired) electrons. The predicted octanol–water partition coefficient (Wildman–Crippen LogP) is 4.79. The fraction of sp³-hybridized carbons (Fsp3) is 0.680. The van der Waals surface area contributed by atoms with Gasteiger partial charge in [0, 0.05) is 25.1 Å². The quantitative estimate of drug-likeness (QED) is 0.264. The number of carbonyl (C=O) groups excluding carboxylic acids is 3. The zero-order chi connectivity index (χ0) is 26.5. The standard InChI is InChI=1S/C25H43N3O5S/c1-17(2)27-18(3)15-19(4)34-16-21(29)20(28-22(30)25(8,9)32-10)13-11-12-14-26-23(31)33-24(5,6)7/h15,20H,1,11-14,16H2,2-10H3,(H,26,31)(H,28,30)/b19-15+,27-18?/t20-/m0/s1. The zero-order valence-corrected chi connectivity index (χ0v) is 23.1.